The van der Waals surface area contributed by atoms with E-state index in [1.807, 2.05) is 88.0 Å². The Bertz CT molecular complexity index is 2780. The van der Waals surface area contributed by atoms with Crippen LogP contribution in [0.5, 0.6) is 0 Å². The van der Waals surface area contributed by atoms with Gasteiger partial charge in [0.25, 0.3) is 0 Å². The van der Waals surface area contributed by atoms with Gasteiger partial charge < -0.3 is 9.13 Å². The quantitative estimate of drug-likeness (QED) is 0.181. The Labute approximate surface area is 285 Å². The van der Waals surface area contributed by atoms with Gasteiger partial charge in [-0.15, -0.1) is 0 Å². The second-order valence-corrected chi connectivity index (χ2v) is 11.6. The van der Waals surface area contributed by atoms with Crippen molar-refractivity contribution < 1.29 is 0 Å². The topological polar surface area (TPSA) is 94.3 Å². The van der Waals surface area contributed by atoms with Crippen molar-refractivity contribution in [3.8, 4) is 40.7 Å². The van der Waals surface area contributed by atoms with Crippen molar-refractivity contribution in [3.63, 3.8) is 0 Å². The fourth-order valence-corrected chi connectivity index (χ4v) is 6.92. The molecule has 0 N–H and O–H groups in total. The van der Waals surface area contributed by atoms with Gasteiger partial charge >= 0.3 is 0 Å². The van der Waals surface area contributed by atoms with Crippen molar-refractivity contribution in [3.05, 3.63) is 160 Å². The van der Waals surface area contributed by atoms with Crippen molar-refractivity contribution >= 4 is 60.7 Å². The van der Waals surface area contributed by atoms with Crippen LogP contribution in [-0.4, -0.2) is 9.13 Å². The SMILES string of the molecule is [C-]#[N+]c1cc(-n2c3ccccc3c3cc(-c4ccc5c(c4)c4ccccc4n5-c4cc(C#N)c([N+]#[C-])c([N+]#[C-])c4)ccc32)cc(C#N)c1C#N. The van der Waals surface area contributed by atoms with E-state index in [4.69, 9.17) is 19.7 Å². The van der Waals surface area contributed by atoms with Gasteiger partial charge in [-0.1, -0.05) is 48.5 Å². The molecule has 6 aromatic carbocycles. The molecule has 8 rings (SSSR count). The summed E-state index contributed by atoms with van der Waals surface area (Å²) in [5, 5.41) is 33.2. The Morgan fingerprint density at radius 2 is 0.940 bits per heavy atom. The van der Waals surface area contributed by atoms with Crippen LogP contribution in [0, 0.1) is 53.7 Å². The molecule has 8 aromatic rings. The minimum Gasteiger partial charge on any atom is -0.311 e. The molecule has 0 amide bonds. The van der Waals surface area contributed by atoms with E-state index in [0.29, 0.717) is 11.4 Å². The molecule has 0 saturated carbocycles. The molecule has 0 unspecified atom stereocenters. The first kappa shape index (κ1) is 29.3. The molecule has 0 aliphatic heterocycles. The average Bonchev–Trinajstić information content (AvgIpc) is 3.68. The lowest BCUT2D eigenvalue weighted by molar-refractivity contribution is 1.18. The van der Waals surface area contributed by atoms with Crippen molar-refractivity contribution in [2.75, 3.05) is 0 Å². The third-order valence-electron chi connectivity index (χ3n) is 9.08. The summed E-state index contributed by atoms with van der Waals surface area (Å²) in [6, 6.07) is 41.2. The first-order valence-electron chi connectivity index (χ1n) is 15.3. The number of hydrogen-bond acceptors (Lipinski definition) is 3. The average molecular weight is 635 g/mol. The minimum atomic E-state index is 0.0579. The van der Waals surface area contributed by atoms with Gasteiger partial charge in [-0.25, -0.2) is 14.5 Å². The Morgan fingerprint density at radius 3 is 1.42 bits per heavy atom. The molecule has 226 valence electrons. The molecular weight excluding hydrogens is 617 g/mol. The van der Waals surface area contributed by atoms with Crippen LogP contribution in [0.3, 0.4) is 0 Å². The van der Waals surface area contributed by atoms with Gasteiger partial charge in [0.05, 0.1) is 71.1 Å². The van der Waals surface area contributed by atoms with Crippen LogP contribution in [0.2, 0.25) is 0 Å². The van der Waals surface area contributed by atoms with E-state index in [-0.39, 0.29) is 33.8 Å². The zero-order valence-corrected chi connectivity index (χ0v) is 26.0. The number of rotatable bonds is 3. The third kappa shape index (κ3) is 4.19. The number of para-hydroxylation sites is 2. The van der Waals surface area contributed by atoms with Crippen LogP contribution in [0.4, 0.5) is 17.1 Å². The molecule has 2 heterocycles. The van der Waals surface area contributed by atoms with Crippen LogP contribution >= 0.6 is 0 Å². The van der Waals surface area contributed by atoms with Gasteiger partial charge in [0.1, 0.15) is 0 Å². The molecule has 0 saturated heterocycles. The van der Waals surface area contributed by atoms with Crippen molar-refractivity contribution in [2.24, 2.45) is 0 Å². The summed E-state index contributed by atoms with van der Waals surface area (Å²) in [5.74, 6) is 0. The predicted molar refractivity (Wildman–Crippen MR) is 193 cm³/mol. The lowest BCUT2D eigenvalue weighted by Crippen LogP contribution is -1.96. The molecule has 8 nitrogen and oxygen atoms in total. The maximum absolute atomic E-state index is 9.81. The number of nitrogens with zero attached hydrogens (tertiary/aromatic N) is 8. The summed E-state index contributed by atoms with van der Waals surface area (Å²) in [6.45, 7) is 22.9. The van der Waals surface area contributed by atoms with E-state index in [2.05, 4.69) is 38.8 Å². The van der Waals surface area contributed by atoms with Crippen LogP contribution in [0.15, 0.2) is 109 Å². The number of aromatic nitrogens is 2. The molecule has 0 aliphatic carbocycles. The van der Waals surface area contributed by atoms with Crippen LogP contribution in [-0.2, 0) is 0 Å². The van der Waals surface area contributed by atoms with E-state index in [1.165, 1.54) is 0 Å². The van der Waals surface area contributed by atoms with Gasteiger partial charge in [0.2, 0.25) is 11.4 Å². The highest BCUT2D eigenvalue weighted by Crippen LogP contribution is 2.41. The minimum absolute atomic E-state index is 0.0579. The lowest BCUT2D eigenvalue weighted by atomic mass is 10.0. The van der Waals surface area contributed by atoms with Crippen LogP contribution in [0.25, 0.3) is 80.6 Å². The highest BCUT2D eigenvalue weighted by atomic mass is 15.0. The largest absolute Gasteiger partial charge is 0.311 e. The Balaban J connectivity index is 1.34. The van der Waals surface area contributed by atoms with E-state index in [1.54, 1.807) is 24.3 Å². The van der Waals surface area contributed by atoms with E-state index < -0.39 is 0 Å². The van der Waals surface area contributed by atoms with Gasteiger partial charge in [-0.05, 0) is 71.8 Å². The summed E-state index contributed by atoms with van der Waals surface area (Å²) in [4.78, 5) is 10.6. The highest BCUT2D eigenvalue weighted by molar-refractivity contribution is 6.13. The molecule has 0 atom stereocenters. The first-order valence-corrected chi connectivity index (χ1v) is 15.3. The Kier molecular flexibility index (Phi) is 6.60. The molecule has 0 aliphatic rings. The number of benzene rings is 6. The molecule has 2 aromatic heterocycles. The van der Waals surface area contributed by atoms with Crippen LogP contribution in [0.1, 0.15) is 16.7 Å². The zero-order chi connectivity index (χ0) is 34.5. The number of fused-ring (bicyclic) bond motifs is 6. The van der Waals surface area contributed by atoms with Crippen molar-refractivity contribution in [1.29, 1.82) is 15.8 Å². The predicted octanol–water partition coefficient (Wildman–Crippen LogP) is 10.8. The summed E-state index contributed by atoms with van der Waals surface area (Å²) < 4.78 is 4.05. The molecule has 0 fully saturated rings. The molecular formula is C42H18N8. The summed E-state index contributed by atoms with van der Waals surface area (Å²) in [7, 11) is 0. The van der Waals surface area contributed by atoms with Crippen molar-refractivity contribution in [2.45, 2.75) is 0 Å². The standard InChI is InChI=1S/C42H18N8/c1-46-36-20-29(16-27(22-43)35(36)24-45)49-38-10-6-4-8-31(38)33-18-25(12-14-40(33)49)26-13-15-41-34(19-26)32-9-5-7-11-39(32)50(41)30-17-28(23-44)42(48-3)37(21-30)47-2/h4-21H. The van der Waals surface area contributed by atoms with Gasteiger partial charge in [0, 0.05) is 38.5 Å². The molecule has 0 radical (unpaired) electrons. The normalized spacial score (nSPS) is 10.7. The van der Waals surface area contributed by atoms with Crippen LogP contribution < -0.4 is 0 Å². The number of nitriles is 3. The first-order chi connectivity index (χ1) is 24.5. The molecule has 0 bridgehead atoms. The fourth-order valence-electron chi connectivity index (χ4n) is 6.92. The monoisotopic (exact) mass is 634 g/mol. The lowest BCUT2D eigenvalue weighted by Gasteiger charge is -2.11. The maximum atomic E-state index is 9.81. The Hall–Kier alpha value is -8.14. The maximum Gasteiger partial charge on any atom is 0.212 e. The van der Waals surface area contributed by atoms with E-state index in [0.717, 1.165) is 54.7 Å². The Morgan fingerprint density at radius 1 is 0.460 bits per heavy atom. The second-order valence-electron chi connectivity index (χ2n) is 11.6. The summed E-state index contributed by atoms with van der Waals surface area (Å²) >= 11 is 0. The highest BCUT2D eigenvalue weighted by Gasteiger charge is 2.19. The molecule has 50 heavy (non-hydrogen) atoms. The summed E-state index contributed by atoms with van der Waals surface area (Å²) in [6.07, 6.45) is 0. The van der Waals surface area contributed by atoms with E-state index in [9.17, 15) is 15.8 Å². The fraction of sp³-hybridized carbons (Fsp3) is 0. The van der Waals surface area contributed by atoms with Gasteiger partial charge in [-0.3, -0.25) is 0 Å². The van der Waals surface area contributed by atoms with E-state index >= 15 is 0 Å². The molecule has 0 spiro atoms. The van der Waals surface area contributed by atoms with Crippen molar-refractivity contribution in [1.82, 2.24) is 9.13 Å². The van der Waals surface area contributed by atoms with Gasteiger partial charge in [-0.2, -0.15) is 15.8 Å². The molecule has 8 heteroatoms. The smallest absolute Gasteiger partial charge is 0.212 e. The second kappa shape index (κ2) is 11.3. The number of hydrogen-bond donors (Lipinski definition) is 0. The zero-order valence-electron chi connectivity index (χ0n) is 26.0. The van der Waals surface area contributed by atoms with Gasteiger partial charge in [0.15, 0.2) is 5.69 Å². The third-order valence-corrected chi connectivity index (χ3v) is 9.08. The summed E-state index contributed by atoms with van der Waals surface area (Å²) in [5.41, 5.74) is 7.56.